The molecule has 2 aromatic rings. The molecule has 0 saturated heterocycles. The monoisotopic (exact) mass is 229 g/mol. The lowest BCUT2D eigenvalue weighted by Gasteiger charge is -2.02. The highest BCUT2D eigenvalue weighted by atomic mass is 16.5. The van der Waals surface area contributed by atoms with Gasteiger partial charge in [0, 0.05) is 12.5 Å². The van der Waals surface area contributed by atoms with Gasteiger partial charge in [-0.1, -0.05) is 24.3 Å². The van der Waals surface area contributed by atoms with Crippen molar-refractivity contribution in [3.05, 3.63) is 42.1 Å². The molecule has 0 bridgehead atoms. The number of hydrogen-bond acceptors (Lipinski definition) is 3. The number of methoxy groups -OCH3 is 1. The third-order valence-electron chi connectivity index (χ3n) is 2.44. The highest BCUT2D eigenvalue weighted by Crippen LogP contribution is 2.11. The van der Waals surface area contributed by atoms with Gasteiger partial charge in [0.15, 0.2) is 0 Å². The number of para-hydroxylation sites is 1. The predicted molar refractivity (Wildman–Crippen MR) is 69.2 cm³/mol. The van der Waals surface area contributed by atoms with Crippen molar-refractivity contribution in [1.29, 1.82) is 0 Å². The van der Waals surface area contributed by atoms with Crippen molar-refractivity contribution in [2.75, 3.05) is 20.3 Å². The van der Waals surface area contributed by atoms with E-state index in [2.05, 4.69) is 9.98 Å². The first kappa shape index (κ1) is 11.5. The molecule has 0 radical (unpaired) electrons. The zero-order valence-corrected chi connectivity index (χ0v) is 9.76. The maximum absolute atomic E-state index is 5.86. The van der Waals surface area contributed by atoms with Gasteiger partial charge in [-0.3, -0.25) is 4.99 Å². The first-order valence-electron chi connectivity index (χ1n) is 5.46. The lowest BCUT2D eigenvalue weighted by atomic mass is 10.2. The minimum Gasteiger partial charge on any atom is -0.383 e. The summed E-state index contributed by atoms with van der Waals surface area (Å²) in [7, 11) is 1.64. The van der Waals surface area contributed by atoms with Crippen LogP contribution in [0.15, 0.2) is 41.4 Å². The Labute approximate surface area is 100 Å². The summed E-state index contributed by atoms with van der Waals surface area (Å²) < 4.78 is 4.92. The molecule has 0 spiro atoms. The maximum Gasteiger partial charge on any atom is 0.144 e. The maximum atomic E-state index is 5.86. The molecule has 0 fully saturated rings. The highest BCUT2D eigenvalue weighted by molar-refractivity contribution is 5.97. The lowest BCUT2D eigenvalue weighted by Crippen LogP contribution is -2.16. The molecule has 0 aliphatic heterocycles. The van der Waals surface area contributed by atoms with Crippen molar-refractivity contribution in [3.63, 3.8) is 0 Å². The van der Waals surface area contributed by atoms with Crippen LogP contribution < -0.4 is 5.73 Å². The molecule has 0 aliphatic rings. The first-order chi connectivity index (χ1) is 8.31. The quantitative estimate of drug-likeness (QED) is 0.492. The second kappa shape index (κ2) is 5.41. The van der Waals surface area contributed by atoms with Crippen molar-refractivity contribution >= 4 is 16.7 Å². The molecule has 2 rings (SSSR count). The minimum absolute atomic E-state index is 0.452. The van der Waals surface area contributed by atoms with E-state index in [1.165, 1.54) is 0 Å². The number of aliphatic imine (C=N–C) groups is 1. The van der Waals surface area contributed by atoms with Gasteiger partial charge < -0.3 is 10.5 Å². The second-order valence-corrected chi connectivity index (χ2v) is 3.65. The molecule has 1 heterocycles. The van der Waals surface area contributed by atoms with E-state index in [-0.39, 0.29) is 0 Å². The zero-order chi connectivity index (χ0) is 12.1. The molecule has 0 saturated carbocycles. The molecular formula is C13H15N3O. The van der Waals surface area contributed by atoms with E-state index < -0.39 is 0 Å². The van der Waals surface area contributed by atoms with Crippen molar-refractivity contribution in [2.45, 2.75) is 0 Å². The average molecular weight is 229 g/mol. The fourth-order valence-electron chi connectivity index (χ4n) is 1.55. The normalized spacial score (nSPS) is 11.9. The number of benzene rings is 1. The largest absolute Gasteiger partial charge is 0.383 e. The topological polar surface area (TPSA) is 60.5 Å². The number of nitrogens with zero attached hydrogens (tertiary/aromatic N) is 2. The average Bonchev–Trinajstić information content (AvgIpc) is 2.38. The fourth-order valence-corrected chi connectivity index (χ4v) is 1.55. The number of nitrogens with two attached hydrogens (primary N) is 1. The Bertz CT molecular complexity index is 537. The molecule has 17 heavy (non-hydrogen) atoms. The van der Waals surface area contributed by atoms with E-state index in [0.29, 0.717) is 24.7 Å². The van der Waals surface area contributed by atoms with E-state index in [0.717, 1.165) is 10.9 Å². The Morgan fingerprint density at radius 2 is 2.12 bits per heavy atom. The Morgan fingerprint density at radius 1 is 1.29 bits per heavy atom. The molecule has 1 aromatic carbocycles. The lowest BCUT2D eigenvalue weighted by molar-refractivity contribution is 0.208. The van der Waals surface area contributed by atoms with Crippen LogP contribution in [0.1, 0.15) is 5.69 Å². The number of amidine groups is 1. The number of hydrogen-bond donors (Lipinski definition) is 1. The van der Waals surface area contributed by atoms with Gasteiger partial charge in [0.1, 0.15) is 11.5 Å². The summed E-state index contributed by atoms with van der Waals surface area (Å²) in [6.45, 7) is 1.12. The summed E-state index contributed by atoms with van der Waals surface area (Å²) in [5, 5.41) is 1.10. The molecular weight excluding hydrogens is 214 g/mol. The summed E-state index contributed by atoms with van der Waals surface area (Å²) in [5.41, 5.74) is 7.49. The van der Waals surface area contributed by atoms with Gasteiger partial charge in [-0.2, -0.15) is 0 Å². The van der Waals surface area contributed by atoms with Crippen LogP contribution in [0.3, 0.4) is 0 Å². The minimum atomic E-state index is 0.452. The van der Waals surface area contributed by atoms with Gasteiger partial charge >= 0.3 is 0 Å². The predicted octanol–water partition coefficient (Wildman–Crippen LogP) is 1.59. The van der Waals surface area contributed by atoms with Crippen LogP contribution >= 0.6 is 0 Å². The Balaban J connectivity index is 2.26. The van der Waals surface area contributed by atoms with Crippen molar-refractivity contribution in [1.82, 2.24) is 4.98 Å². The Morgan fingerprint density at radius 3 is 2.94 bits per heavy atom. The van der Waals surface area contributed by atoms with Crippen LogP contribution in [0.25, 0.3) is 10.9 Å². The van der Waals surface area contributed by atoms with Crippen LogP contribution in [0.4, 0.5) is 0 Å². The van der Waals surface area contributed by atoms with Crippen molar-refractivity contribution in [3.8, 4) is 0 Å². The Kier molecular flexibility index (Phi) is 3.67. The number of ether oxygens (including phenoxy) is 1. The smallest absolute Gasteiger partial charge is 0.144 e. The Hall–Kier alpha value is -1.94. The first-order valence-corrected chi connectivity index (χ1v) is 5.46. The summed E-state index contributed by atoms with van der Waals surface area (Å²) in [4.78, 5) is 8.66. The van der Waals surface area contributed by atoms with E-state index in [9.17, 15) is 0 Å². The number of fused-ring (bicyclic) bond motifs is 1. The standard InChI is InChI=1S/C13H15N3O/c1-17-9-8-15-13(14)12-7-6-10-4-2-3-5-11(10)16-12/h2-7H,8-9H2,1H3,(H2,14,15). The molecule has 1 aromatic heterocycles. The van der Waals surface area contributed by atoms with Crippen molar-refractivity contribution in [2.24, 2.45) is 10.7 Å². The summed E-state index contributed by atoms with van der Waals surface area (Å²) in [5.74, 6) is 0.452. The van der Waals surface area contributed by atoms with Gasteiger partial charge in [0.05, 0.1) is 18.7 Å². The molecule has 0 atom stereocenters. The molecule has 0 unspecified atom stereocenters. The second-order valence-electron chi connectivity index (χ2n) is 3.65. The van der Waals surface area contributed by atoms with Crippen LogP contribution in [-0.2, 0) is 4.74 Å². The number of pyridine rings is 1. The summed E-state index contributed by atoms with van der Waals surface area (Å²) >= 11 is 0. The number of rotatable bonds is 4. The SMILES string of the molecule is COCCN=C(N)c1ccc2ccccc2n1. The van der Waals surface area contributed by atoms with E-state index in [1.807, 2.05) is 36.4 Å². The summed E-state index contributed by atoms with van der Waals surface area (Å²) in [6.07, 6.45) is 0. The van der Waals surface area contributed by atoms with E-state index in [4.69, 9.17) is 10.5 Å². The summed E-state index contributed by atoms with van der Waals surface area (Å²) in [6, 6.07) is 11.8. The highest BCUT2D eigenvalue weighted by Gasteiger charge is 2.01. The molecule has 88 valence electrons. The van der Waals surface area contributed by atoms with Gasteiger partial charge in [-0.15, -0.1) is 0 Å². The van der Waals surface area contributed by atoms with E-state index >= 15 is 0 Å². The van der Waals surface area contributed by atoms with Gasteiger partial charge in [0.2, 0.25) is 0 Å². The molecule has 4 heteroatoms. The third kappa shape index (κ3) is 2.79. The van der Waals surface area contributed by atoms with Gasteiger partial charge in [-0.05, 0) is 12.1 Å². The van der Waals surface area contributed by atoms with Gasteiger partial charge in [0.25, 0.3) is 0 Å². The van der Waals surface area contributed by atoms with Crippen LogP contribution in [0, 0.1) is 0 Å². The fraction of sp³-hybridized carbons (Fsp3) is 0.231. The zero-order valence-electron chi connectivity index (χ0n) is 9.76. The molecule has 2 N–H and O–H groups in total. The number of aromatic nitrogens is 1. The van der Waals surface area contributed by atoms with E-state index in [1.54, 1.807) is 7.11 Å². The van der Waals surface area contributed by atoms with Crippen LogP contribution in [0.5, 0.6) is 0 Å². The van der Waals surface area contributed by atoms with Crippen LogP contribution in [0.2, 0.25) is 0 Å². The third-order valence-corrected chi connectivity index (χ3v) is 2.44. The van der Waals surface area contributed by atoms with Gasteiger partial charge in [-0.25, -0.2) is 4.98 Å². The molecule has 0 amide bonds. The molecule has 4 nitrogen and oxygen atoms in total. The molecule has 0 aliphatic carbocycles. The van der Waals surface area contributed by atoms with Crippen LogP contribution in [-0.4, -0.2) is 31.1 Å². The van der Waals surface area contributed by atoms with Crippen molar-refractivity contribution < 1.29 is 4.74 Å².